The fourth-order valence-electron chi connectivity index (χ4n) is 3.77. The van der Waals surface area contributed by atoms with E-state index in [-0.39, 0.29) is 11.6 Å². The third kappa shape index (κ3) is 4.91. The number of nitrogens with zero attached hydrogens (tertiary/aromatic N) is 3. The fraction of sp³-hybridized carbons (Fsp3) is 0.192. The van der Waals surface area contributed by atoms with Crippen molar-refractivity contribution in [1.82, 2.24) is 14.5 Å². The molecule has 0 spiro atoms. The molecule has 4 aromatic rings. The van der Waals surface area contributed by atoms with Crippen LogP contribution in [0.5, 0.6) is 0 Å². The molecule has 1 atom stereocenters. The normalized spacial score (nSPS) is 11.9. The highest BCUT2D eigenvalue weighted by molar-refractivity contribution is 6.31. The van der Waals surface area contributed by atoms with Crippen LogP contribution in [0.2, 0.25) is 5.02 Å². The second-order valence-corrected chi connectivity index (χ2v) is 8.52. The van der Waals surface area contributed by atoms with E-state index in [2.05, 4.69) is 5.32 Å². The van der Waals surface area contributed by atoms with Crippen LogP contribution in [0.25, 0.3) is 10.9 Å². The first-order valence-electron chi connectivity index (χ1n) is 10.7. The van der Waals surface area contributed by atoms with Crippen LogP contribution in [-0.2, 0) is 13.6 Å². The van der Waals surface area contributed by atoms with Crippen molar-refractivity contribution in [1.29, 1.82) is 0 Å². The minimum atomic E-state index is -0.478. The first-order valence-corrected chi connectivity index (χ1v) is 11.1. The summed E-state index contributed by atoms with van der Waals surface area (Å²) in [6.07, 6.45) is 0. The van der Waals surface area contributed by atoms with Gasteiger partial charge in [-0.2, -0.15) is 0 Å². The molecule has 3 aromatic carbocycles. The molecule has 0 saturated heterocycles. The summed E-state index contributed by atoms with van der Waals surface area (Å²) in [5.74, 6) is 0.491. The molecule has 6 nitrogen and oxygen atoms in total. The van der Waals surface area contributed by atoms with Crippen molar-refractivity contribution in [2.45, 2.75) is 26.4 Å². The maximum absolute atomic E-state index is 13.4. The maximum atomic E-state index is 13.4. The number of fused-ring (bicyclic) bond motifs is 1. The highest BCUT2D eigenvalue weighted by Gasteiger charge is 2.26. The smallest absolute Gasteiger partial charge is 0.310 e. The Labute approximate surface area is 197 Å². The van der Waals surface area contributed by atoms with Gasteiger partial charge >= 0.3 is 6.03 Å². The van der Waals surface area contributed by atoms with Crippen molar-refractivity contribution in [3.8, 4) is 0 Å². The summed E-state index contributed by atoms with van der Waals surface area (Å²) in [7, 11) is 1.67. The topological polar surface area (TPSA) is 67.2 Å². The van der Waals surface area contributed by atoms with Crippen molar-refractivity contribution in [2.24, 2.45) is 7.05 Å². The van der Waals surface area contributed by atoms with Crippen LogP contribution in [0.1, 0.15) is 29.9 Å². The van der Waals surface area contributed by atoms with E-state index in [9.17, 15) is 9.59 Å². The lowest BCUT2D eigenvalue weighted by Crippen LogP contribution is -2.39. The number of anilines is 1. The number of amides is 2. The summed E-state index contributed by atoms with van der Waals surface area (Å²) in [6.45, 7) is 4.23. The van der Waals surface area contributed by atoms with Crippen molar-refractivity contribution < 1.29 is 4.79 Å². The molecule has 0 bridgehead atoms. The van der Waals surface area contributed by atoms with Gasteiger partial charge < -0.3 is 10.2 Å². The molecule has 4 rings (SSSR count). The molecule has 168 valence electrons. The summed E-state index contributed by atoms with van der Waals surface area (Å²) in [4.78, 5) is 32.8. The molecule has 1 heterocycles. The van der Waals surface area contributed by atoms with E-state index >= 15 is 0 Å². The average molecular weight is 461 g/mol. The predicted octanol–water partition coefficient (Wildman–Crippen LogP) is 5.69. The van der Waals surface area contributed by atoms with Gasteiger partial charge in [-0.25, -0.2) is 9.78 Å². The van der Waals surface area contributed by atoms with E-state index in [4.69, 9.17) is 16.6 Å². The zero-order chi connectivity index (χ0) is 23.5. The number of carbonyl (C=O) groups is 1. The lowest BCUT2D eigenvalue weighted by atomic mass is 10.1. The van der Waals surface area contributed by atoms with E-state index in [1.54, 1.807) is 30.1 Å². The number of aromatic nitrogens is 2. The van der Waals surface area contributed by atoms with Gasteiger partial charge in [0, 0.05) is 24.3 Å². The monoisotopic (exact) mass is 460 g/mol. The Hall–Kier alpha value is -3.64. The van der Waals surface area contributed by atoms with Crippen molar-refractivity contribution in [2.75, 3.05) is 5.32 Å². The summed E-state index contributed by atoms with van der Waals surface area (Å²) in [5.41, 5.74) is 3.12. The van der Waals surface area contributed by atoms with Crippen LogP contribution in [0.3, 0.4) is 0 Å². The molecule has 33 heavy (non-hydrogen) atoms. The Kier molecular flexibility index (Phi) is 6.47. The molecule has 0 aliphatic heterocycles. The van der Waals surface area contributed by atoms with Gasteiger partial charge in [0.1, 0.15) is 5.82 Å². The number of halogens is 1. The van der Waals surface area contributed by atoms with Gasteiger partial charge in [0.2, 0.25) is 0 Å². The van der Waals surface area contributed by atoms with Crippen molar-refractivity contribution in [3.05, 3.63) is 105 Å². The first-order chi connectivity index (χ1) is 15.8. The molecule has 1 unspecified atom stereocenters. The van der Waals surface area contributed by atoms with Crippen LogP contribution < -0.4 is 10.9 Å². The Morgan fingerprint density at radius 3 is 2.48 bits per heavy atom. The molecule has 7 heteroatoms. The Balaban J connectivity index is 1.73. The number of aryl methyl sites for hydroxylation is 1. The summed E-state index contributed by atoms with van der Waals surface area (Å²) in [6, 6.07) is 21.7. The van der Waals surface area contributed by atoms with Crippen LogP contribution in [0.4, 0.5) is 10.5 Å². The molecular formula is C26H25ClN4O2. The lowest BCUT2D eigenvalue weighted by Gasteiger charge is -2.30. The van der Waals surface area contributed by atoms with E-state index in [0.29, 0.717) is 34.0 Å². The van der Waals surface area contributed by atoms with Crippen LogP contribution in [-0.4, -0.2) is 20.5 Å². The van der Waals surface area contributed by atoms with Crippen LogP contribution >= 0.6 is 11.6 Å². The third-order valence-corrected chi connectivity index (χ3v) is 5.91. The lowest BCUT2D eigenvalue weighted by molar-refractivity contribution is 0.185. The van der Waals surface area contributed by atoms with Gasteiger partial charge in [0.15, 0.2) is 0 Å². The molecule has 0 aliphatic carbocycles. The second kappa shape index (κ2) is 9.46. The molecule has 0 saturated carbocycles. The third-order valence-electron chi connectivity index (χ3n) is 5.67. The molecule has 1 aromatic heterocycles. The van der Waals surface area contributed by atoms with E-state index in [0.717, 1.165) is 11.1 Å². The number of carbonyl (C=O) groups excluding carboxylic acids is 1. The highest BCUT2D eigenvalue weighted by atomic mass is 35.5. The Morgan fingerprint density at radius 2 is 1.79 bits per heavy atom. The highest BCUT2D eigenvalue weighted by Crippen LogP contribution is 2.24. The second-order valence-electron chi connectivity index (χ2n) is 8.08. The molecule has 2 amide bonds. The largest absolute Gasteiger partial charge is 0.322 e. The molecule has 0 aliphatic rings. The quantitative estimate of drug-likeness (QED) is 0.416. The molecule has 0 fully saturated rings. The summed E-state index contributed by atoms with van der Waals surface area (Å²) in [5, 5.41) is 3.89. The van der Waals surface area contributed by atoms with Crippen LogP contribution in [0.15, 0.2) is 77.6 Å². The standard InChI is InChI=1S/C26H25ClN4O2/c1-17-9-12-21(13-10-17)28-26(33)31(16-19-7-5-4-6-8-19)18(2)24-29-23-14-11-20(27)15-22(23)25(32)30(24)3/h4-15,18H,16H2,1-3H3,(H,28,33). The summed E-state index contributed by atoms with van der Waals surface area (Å²) < 4.78 is 1.49. The zero-order valence-electron chi connectivity index (χ0n) is 18.7. The summed E-state index contributed by atoms with van der Waals surface area (Å²) >= 11 is 6.08. The molecule has 0 radical (unpaired) electrons. The SMILES string of the molecule is Cc1ccc(NC(=O)N(Cc2ccccc2)C(C)c2nc3ccc(Cl)cc3c(=O)n2C)cc1. The Bertz CT molecular complexity index is 1350. The van der Waals surface area contributed by atoms with Gasteiger partial charge in [0.05, 0.1) is 16.9 Å². The molecule has 1 N–H and O–H groups in total. The number of nitrogens with one attached hydrogen (secondary N) is 1. The number of hydrogen-bond acceptors (Lipinski definition) is 3. The van der Waals surface area contributed by atoms with Crippen LogP contribution in [0, 0.1) is 6.92 Å². The zero-order valence-corrected chi connectivity index (χ0v) is 19.5. The van der Waals surface area contributed by atoms with Gasteiger partial charge in [0.25, 0.3) is 5.56 Å². The van der Waals surface area contributed by atoms with Gasteiger partial charge in [-0.3, -0.25) is 9.36 Å². The van der Waals surface area contributed by atoms with E-state index < -0.39 is 6.04 Å². The predicted molar refractivity (Wildman–Crippen MR) is 133 cm³/mol. The minimum Gasteiger partial charge on any atom is -0.310 e. The van der Waals surface area contributed by atoms with Gasteiger partial charge in [-0.05, 0) is 49.7 Å². The minimum absolute atomic E-state index is 0.206. The fourth-order valence-corrected chi connectivity index (χ4v) is 3.94. The van der Waals surface area contributed by atoms with E-state index in [1.165, 1.54) is 4.57 Å². The Morgan fingerprint density at radius 1 is 1.09 bits per heavy atom. The molecular weight excluding hydrogens is 436 g/mol. The number of urea groups is 1. The van der Waals surface area contributed by atoms with Gasteiger partial charge in [-0.1, -0.05) is 59.6 Å². The number of rotatable bonds is 5. The average Bonchev–Trinajstić information content (AvgIpc) is 2.82. The number of hydrogen-bond donors (Lipinski definition) is 1. The first kappa shape index (κ1) is 22.6. The maximum Gasteiger partial charge on any atom is 0.322 e. The van der Waals surface area contributed by atoms with E-state index in [1.807, 2.05) is 68.4 Å². The number of benzene rings is 3. The van der Waals surface area contributed by atoms with Crippen molar-refractivity contribution in [3.63, 3.8) is 0 Å². The van der Waals surface area contributed by atoms with Crippen molar-refractivity contribution >= 4 is 34.2 Å². The van der Waals surface area contributed by atoms with Gasteiger partial charge in [-0.15, -0.1) is 0 Å².